The molecule has 6 atom stereocenters. The number of ether oxygens (including phenoxy) is 2. The number of hydrogen-bond acceptors (Lipinski definition) is 7. The van der Waals surface area contributed by atoms with Crippen molar-refractivity contribution in [2.45, 2.75) is 115 Å². The highest BCUT2D eigenvalue weighted by molar-refractivity contribution is 7.54. The van der Waals surface area contributed by atoms with Crippen molar-refractivity contribution in [1.82, 2.24) is 9.88 Å². The predicted molar refractivity (Wildman–Crippen MR) is 177 cm³/mol. The highest BCUT2D eigenvalue weighted by Gasteiger charge is 2.66. The van der Waals surface area contributed by atoms with Gasteiger partial charge < -0.3 is 24.2 Å². The summed E-state index contributed by atoms with van der Waals surface area (Å²) in [6.07, 6.45) is 9.22. The van der Waals surface area contributed by atoms with Crippen LogP contribution in [0, 0.1) is 23.7 Å². The smallest absolute Gasteiger partial charge is 0.332 e. The highest BCUT2D eigenvalue weighted by atomic mass is 31.2. The third kappa shape index (κ3) is 7.30. The molecular weight excluding hydrogens is 619 g/mol. The summed E-state index contributed by atoms with van der Waals surface area (Å²) in [5, 5.41) is 0.465. The average Bonchev–Trinajstić information content (AvgIpc) is 3.63. The van der Waals surface area contributed by atoms with Crippen LogP contribution < -0.4 is 4.74 Å². The van der Waals surface area contributed by atoms with E-state index in [4.69, 9.17) is 9.47 Å². The number of carbonyl (C=O) groups excluding carboxylic acids is 3. The van der Waals surface area contributed by atoms with E-state index in [2.05, 4.69) is 30.1 Å². The number of ketones is 1. The molecule has 2 aliphatic heterocycles. The van der Waals surface area contributed by atoms with E-state index < -0.39 is 36.8 Å². The molecule has 10 nitrogen and oxygen atoms in total. The lowest BCUT2D eigenvalue weighted by atomic mass is 9.77. The summed E-state index contributed by atoms with van der Waals surface area (Å²) in [6, 6.07) is 7.26. The van der Waals surface area contributed by atoms with Crippen molar-refractivity contribution in [3.63, 3.8) is 0 Å². The fourth-order valence-corrected chi connectivity index (χ4v) is 9.91. The molecule has 4 bridgehead atoms. The number of hydrogen-bond donors (Lipinski definition) is 2. The maximum absolute atomic E-state index is 14.6. The lowest BCUT2D eigenvalue weighted by Gasteiger charge is -2.34. The number of pyridine rings is 1. The summed E-state index contributed by atoms with van der Waals surface area (Å²) in [6.45, 7) is 4.36. The van der Waals surface area contributed by atoms with Gasteiger partial charge in [-0.25, -0.2) is 4.98 Å². The summed E-state index contributed by atoms with van der Waals surface area (Å²) >= 11 is 0. The van der Waals surface area contributed by atoms with Gasteiger partial charge in [0.15, 0.2) is 5.78 Å². The molecule has 3 fully saturated rings. The van der Waals surface area contributed by atoms with Crippen LogP contribution in [0.25, 0.3) is 10.8 Å². The molecule has 47 heavy (non-hydrogen) atoms. The molecule has 6 rings (SSSR count). The van der Waals surface area contributed by atoms with E-state index in [-0.39, 0.29) is 61.7 Å². The number of carbonyl (C=O) groups is 3. The lowest BCUT2D eigenvalue weighted by Crippen LogP contribution is -2.47. The number of amides is 1. The van der Waals surface area contributed by atoms with Gasteiger partial charge in [-0.3, -0.25) is 18.9 Å². The fraction of sp³-hybridized carbons (Fsp3) is 0.667. The molecule has 0 radical (unpaired) electrons. The predicted octanol–water partition coefficient (Wildman–Crippen LogP) is 5.99. The van der Waals surface area contributed by atoms with Crippen LogP contribution >= 0.6 is 7.60 Å². The Morgan fingerprint density at radius 1 is 1.11 bits per heavy atom. The Bertz CT molecular complexity index is 1540. The number of aromatic nitrogens is 1. The van der Waals surface area contributed by atoms with E-state index in [0.717, 1.165) is 67.7 Å². The number of rotatable bonds is 6. The number of fused-ring (bicyclic) bond motifs is 3. The number of Topliss-reactive ketones (excluding diaryl/α,β-unsaturated/α-hetero) is 1. The zero-order chi connectivity index (χ0) is 33.3. The first kappa shape index (κ1) is 34.1. The lowest BCUT2D eigenvalue weighted by molar-refractivity contribution is -0.152. The van der Waals surface area contributed by atoms with E-state index in [1.165, 1.54) is 0 Å². The van der Waals surface area contributed by atoms with Crippen LogP contribution in [0.15, 0.2) is 30.5 Å². The van der Waals surface area contributed by atoms with E-state index in [1.807, 2.05) is 13.0 Å². The van der Waals surface area contributed by atoms with Crippen molar-refractivity contribution in [2.75, 3.05) is 13.2 Å². The summed E-state index contributed by atoms with van der Waals surface area (Å²) in [5.41, 5.74) is 1.14. The second kappa shape index (κ2) is 14.0. The summed E-state index contributed by atoms with van der Waals surface area (Å²) in [7, 11) is -4.57. The van der Waals surface area contributed by atoms with E-state index in [0.29, 0.717) is 18.9 Å². The molecule has 256 valence electrons. The topological polar surface area (TPSA) is 143 Å². The number of benzene rings is 1. The molecule has 1 aromatic heterocycles. The van der Waals surface area contributed by atoms with Gasteiger partial charge >= 0.3 is 13.6 Å². The van der Waals surface area contributed by atoms with Gasteiger partial charge in [-0.2, -0.15) is 0 Å². The molecule has 2 saturated carbocycles. The molecule has 2 unspecified atom stereocenters. The van der Waals surface area contributed by atoms with Crippen LogP contribution in [-0.4, -0.2) is 67.8 Å². The van der Waals surface area contributed by atoms with Gasteiger partial charge in [-0.15, -0.1) is 0 Å². The van der Waals surface area contributed by atoms with Crippen LogP contribution in [0.4, 0.5) is 0 Å². The third-order valence-electron chi connectivity index (χ3n) is 11.4. The van der Waals surface area contributed by atoms with Gasteiger partial charge in [-0.05, 0) is 79.4 Å². The fourth-order valence-electron chi connectivity index (χ4n) is 8.43. The molecule has 1 saturated heterocycles. The number of aryl methyl sites for hydroxylation is 1. The molecule has 0 spiro atoms. The molecule has 3 heterocycles. The van der Waals surface area contributed by atoms with Crippen LogP contribution in [0.5, 0.6) is 5.88 Å². The highest BCUT2D eigenvalue weighted by Crippen LogP contribution is 2.71. The van der Waals surface area contributed by atoms with Gasteiger partial charge in [0.1, 0.15) is 6.10 Å². The Morgan fingerprint density at radius 3 is 2.62 bits per heavy atom. The van der Waals surface area contributed by atoms with Crippen LogP contribution in [0.3, 0.4) is 0 Å². The van der Waals surface area contributed by atoms with Crippen molar-refractivity contribution >= 4 is 36.0 Å². The maximum atomic E-state index is 14.6. The largest absolute Gasteiger partial charge is 0.472 e. The van der Waals surface area contributed by atoms with E-state index in [9.17, 15) is 28.7 Å². The second-order valence-corrected chi connectivity index (χ2v) is 16.6. The number of cyclic esters (lactones) is 1. The molecule has 1 aromatic carbocycles. The Hall–Kier alpha value is -2.81. The molecule has 1 amide bonds. The van der Waals surface area contributed by atoms with Crippen molar-refractivity contribution in [3.05, 3.63) is 36.0 Å². The minimum atomic E-state index is -4.57. The van der Waals surface area contributed by atoms with Gasteiger partial charge in [0.25, 0.3) is 0 Å². The summed E-state index contributed by atoms with van der Waals surface area (Å²) < 4.78 is 24.9. The Labute approximate surface area is 277 Å². The van der Waals surface area contributed by atoms with E-state index >= 15 is 0 Å². The quantitative estimate of drug-likeness (QED) is 0.280. The minimum Gasteiger partial charge on any atom is -0.472 e. The zero-order valence-corrected chi connectivity index (χ0v) is 28.5. The Morgan fingerprint density at radius 2 is 1.89 bits per heavy atom. The number of esters is 1. The molecule has 2 N–H and O–H groups in total. The Kier molecular flexibility index (Phi) is 10.1. The molecule has 2 aromatic rings. The molecule has 2 aliphatic carbocycles. The van der Waals surface area contributed by atoms with Gasteiger partial charge in [0.2, 0.25) is 11.8 Å². The minimum absolute atomic E-state index is 0.00459. The first-order chi connectivity index (χ1) is 22.5. The molecular formula is C36H49N2O8P. The van der Waals surface area contributed by atoms with Gasteiger partial charge in [-0.1, -0.05) is 51.7 Å². The normalized spacial score (nSPS) is 31.2. The Balaban J connectivity index is 1.35. The van der Waals surface area contributed by atoms with Crippen LogP contribution in [-0.2, 0) is 30.1 Å². The van der Waals surface area contributed by atoms with Crippen LogP contribution in [0.1, 0.15) is 96.5 Å². The van der Waals surface area contributed by atoms with Crippen LogP contribution in [0.2, 0.25) is 0 Å². The number of nitrogens with zero attached hydrogens (tertiary/aromatic N) is 2. The average molecular weight is 669 g/mol. The standard InChI is InChI=1S/C36H49N2O8P/c1-3-27-19-36(27,47(42,43)44)20-32(39)31-17-28-21-38(31)35(41)30(25-10-5-4-6-11-25)18-33(40)45-22-23(2)8-7-9-24-12-13-26-14-15-37-34(46-28)29(26)16-24/h12-16,23,25,27-28,30-31H,3-11,17-22H2,1-2H3,(H2,42,43,44)/t23-,27?,28-,30+,31+,36?/m1/s1. The van der Waals surface area contributed by atoms with Crippen molar-refractivity contribution in [3.8, 4) is 5.88 Å². The second-order valence-electron chi connectivity index (χ2n) is 14.6. The SMILES string of the molecule is CCC1CC1(CC(=O)[C@@H]1C[C@@H]2CN1C(=O)[C@H](C1CCCCC1)CC(=O)OC[C@H](C)CCCc1ccc3ccnc(c3c1)O2)P(=O)(O)O. The summed E-state index contributed by atoms with van der Waals surface area (Å²) in [5.74, 6) is -1.30. The van der Waals surface area contributed by atoms with Crippen molar-refractivity contribution in [1.29, 1.82) is 0 Å². The van der Waals surface area contributed by atoms with Crippen molar-refractivity contribution in [2.24, 2.45) is 23.7 Å². The zero-order valence-electron chi connectivity index (χ0n) is 27.6. The monoisotopic (exact) mass is 668 g/mol. The summed E-state index contributed by atoms with van der Waals surface area (Å²) in [4.78, 5) is 68.7. The van der Waals surface area contributed by atoms with Gasteiger partial charge in [0.05, 0.1) is 36.7 Å². The molecule has 4 aliphatic rings. The van der Waals surface area contributed by atoms with Crippen molar-refractivity contribution < 1.29 is 38.2 Å². The maximum Gasteiger partial charge on any atom is 0.332 e. The third-order valence-corrected chi connectivity index (χ3v) is 13.2. The molecule has 11 heteroatoms. The first-order valence-electron chi connectivity index (χ1n) is 17.6. The van der Waals surface area contributed by atoms with Gasteiger partial charge in [0, 0.05) is 24.4 Å². The van der Waals surface area contributed by atoms with E-state index in [1.54, 1.807) is 11.1 Å². The first-order valence-corrected chi connectivity index (χ1v) is 19.2.